The van der Waals surface area contributed by atoms with Crippen LogP contribution in [0.1, 0.15) is 5.56 Å². The molecule has 1 heterocycles. The second-order valence-corrected chi connectivity index (χ2v) is 2.94. The highest BCUT2D eigenvalue weighted by Gasteiger charge is 2.25. The number of esters is 1. The van der Waals surface area contributed by atoms with Crippen LogP contribution in [0, 0.1) is 0 Å². The van der Waals surface area contributed by atoms with E-state index < -0.39 is 5.97 Å². The van der Waals surface area contributed by atoms with Crippen molar-refractivity contribution in [2.75, 3.05) is 6.61 Å². The van der Waals surface area contributed by atoms with Crippen LogP contribution in [0.3, 0.4) is 0 Å². The van der Waals surface area contributed by atoms with Crippen molar-refractivity contribution in [3.8, 4) is 5.75 Å². The molecule has 0 fully saturated rings. The lowest BCUT2D eigenvalue weighted by atomic mass is 10.1. The third-order valence-electron chi connectivity index (χ3n) is 1.99. The molecule has 0 atom stereocenters. The van der Waals surface area contributed by atoms with Crippen molar-refractivity contribution in [2.45, 2.75) is 0 Å². The number of cyclic esters (lactones) is 1. The van der Waals surface area contributed by atoms with E-state index in [4.69, 9.17) is 5.11 Å². The summed E-state index contributed by atoms with van der Waals surface area (Å²) in [6.45, 7) is -0.0744. The number of aromatic hydroxyl groups is 1. The fraction of sp³-hybridized carbons (Fsp3) is 0.100. The maximum atomic E-state index is 11.2. The number of hydrogen-bond acceptors (Lipinski definition) is 4. The normalized spacial score (nSPS) is 15.9. The molecule has 0 saturated carbocycles. The summed E-state index contributed by atoms with van der Waals surface area (Å²) in [6, 6.07) is 5.99. The van der Waals surface area contributed by atoms with Crippen molar-refractivity contribution >= 4 is 11.5 Å². The Balaban J connectivity index is 2.44. The van der Waals surface area contributed by atoms with Gasteiger partial charge in [0.25, 0.3) is 0 Å². The van der Waals surface area contributed by atoms with E-state index in [-0.39, 0.29) is 23.7 Å². The van der Waals surface area contributed by atoms with E-state index >= 15 is 0 Å². The van der Waals surface area contributed by atoms with E-state index in [9.17, 15) is 9.90 Å². The average molecular weight is 192 g/mol. The van der Waals surface area contributed by atoms with Gasteiger partial charge in [-0.15, -0.1) is 0 Å². The van der Waals surface area contributed by atoms with Gasteiger partial charge in [-0.25, -0.2) is 4.79 Å². The summed E-state index contributed by atoms with van der Waals surface area (Å²) in [5, 5.41) is 18.4. The van der Waals surface area contributed by atoms with Crippen LogP contribution in [0.5, 0.6) is 5.75 Å². The largest absolute Gasteiger partial charge is 0.508 e. The smallest absolute Gasteiger partial charge is 0.342 e. The predicted octanol–water partition coefficient (Wildman–Crippen LogP) is 1.22. The zero-order chi connectivity index (χ0) is 10.1. The standard InChI is InChI=1S/C10H8O4/c11-7-3-1-6(2-4-7)9-8(12)5-14-10(9)13/h1-4,11-12H,5H2. The van der Waals surface area contributed by atoms with Gasteiger partial charge in [-0.1, -0.05) is 12.1 Å². The zero-order valence-electron chi connectivity index (χ0n) is 7.23. The summed E-state index contributed by atoms with van der Waals surface area (Å²) >= 11 is 0. The Bertz CT molecular complexity index is 403. The lowest BCUT2D eigenvalue weighted by Gasteiger charge is -1.99. The van der Waals surface area contributed by atoms with E-state index in [0.29, 0.717) is 5.56 Å². The Morgan fingerprint density at radius 1 is 1.14 bits per heavy atom. The van der Waals surface area contributed by atoms with Gasteiger partial charge in [0.2, 0.25) is 0 Å². The minimum atomic E-state index is -0.534. The van der Waals surface area contributed by atoms with Crippen LogP contribution in [-0.2, 0) is 9.53 Å². The Morgan fingerprint density at radius 3 is 2.29 bits per heavy atom. The number of aliphatic hydroxyl groups is 1. The summed E-state index contributed by atoms with van der Waals surface area (Å²) in [6.07, 6.45) is 0. The van der Waals surface area contributed by atoms with Crippen molar-refractivity contribution in [3.63, 3.8) is 0 Å². The Hall–Kier alpha value is -1.97. The molecular weight excluding hydrogens is 184 g/mol. The molecule has 0 unspecified atom stereocenters. The third-order valence-corrected chi connectivity index (χ3v) is 1.99. The molecule has 4 heteroatoms. The maximum Gasteiger partial charge on any atom is 0.342 e. The van der Waals surface area contributed by atoms with Gasteiger partial charge in [0.15, 0.2) is 0 Å². The molecule has 0 radical (unpaired) electrons. The van der Waals surface area contributed by atoms with Crippen LogP contribution < -0.4 is 0 Å². The lowest BCUT2D eigenvalue weighted by molar-refractivity contribution is -0.134. The molecule has 1 aliphatic heterocycles. The molecule has 0 aromatic heterocycles. The van der Waals surface area contributed by atoms with Crippen LogP contribution in [0.15, 0.2) is 30.0 Å². The molecule has 1 aliphatic rings. The Kier molecular flexibility index (Phi) is 1.89. The molecule has 0 bridgehead atoms. The third kappa shape index (κ3) is 1.31. The quantitative estimate of drug-likeness (QED) is 0.656. The summed E-state index contributed by atoms with van der Waals surface area (Å²) in [5.41, 5.74) is 0.716. The molecule has 0 spiro atoms. The lowest BCUT2D eigenvalue weighted by Crippen LogP contribution is -1.98. The molecule has 14 heavy (non-hydrogen) atoms. The monoisotopic (exact) mass is 192 g/mol. The van der Waals surface area contributed by atoms with E-state index in [1.165, 1.54) is 12.1 Å². The molecule has 4 nitrogen and oxygen atoms in total. The van der Waals surface area contributed by atoms with Crippen molar-refractivity contribution in [1.82, 2.24) is 0 Å². The fourth-order valence-electron chi connectivity index (χ4n) is 1.31. The molecular formula is C10H8O4. The summed E-state index contributed by atoms with van der Waals surface area (Å²) in [4.78, 5) is 11.2. The van der Waals surface area contributed by atoms with Gasteiger partial charge in [-0.3, -0.25) is 0 Å². The number of rotatable bonds is 1. The first-order valence-electron chi connectivity index (χ1n) is 4.07. The highest BCUT2D eigenvalue weighted by atomic mass is 16.5. The molecule has 0 amide bonds. The van der Waals surface area contributed by atoms with Gasteiger partial charge in [0.05, 0.1) is 0 Å². The summed E-state index contributed by atoms with van der Waals surface area (Å²) < 4.78 is 4.64. The van der Waals surface area contributed by atoms with Crippen LogP contribution in [0.2, 0.25) is 0 Å². The van der Waals surface area contributed by atoms with Crippen LogP contribution in [0.25, 0.3) is 5.57 Å². The van der Waals surface area contributed by atoms with Gasteiger partial charge in [0, 0.05) is 0 Å². The van der Waals surface area contributed by atoms with Crippen LogP contribution in [0.4, 0.5) is 0 Å². The van der Waals surface area contributed by atoms with E-state index in [2.05, 4.69) is 4.74 Å². The number of ether oxygens (including phenoxy) is 1. The second kappa shape index (κ2) is 3.06. The molecule has 1 aromatic carbocycles. The Morgan fingerprint density at radius 2 is 1.79 bits per heavy atom. The summed E-state index contributed by atoms with van der Waals surface area (Å²) in [7, 11) is 0. The maximum absolute atomic E-state index is 11.2. The highest BCUT2D eigenvalue weighted by Crippen LogP contribution is 2.25. The number of carbonyl (C=O) groups excluding carboxylic acids is 1. The number of aliphatic hydroxyl groups excluding tert-OH is 1. The van der Waals surface area contributed by atoms with E-state index in [1.54, 1.807) is 12.1 Å². The van der Waals surface area contributed by atoms with Crippen LogP contribution in [-0.4, -0.2) is 22.8 Å². The molecule has 2 rings (SSSR count). The second-order valence-electron chi connectivity index (χ2n) is 2.94. The SMILES string of the molecule is O=C1OCC(O)=C1c1ccc(O)cc1. The fourth-order valence-corrected chi connectivity index (χ4v) is 1.31. The van der Waals surface area contributed by atoms with E-state index in [1.807, 2.05) is 0 Å². The van der Waals surface area contributed by atoms with Crippen molar-refractivity contribution in [3.05, 3.63) is 35.6 Å². The zero-order valence-corrected chi connectivity index (χ0v) is 7.23. The van der Waals surface area contributed by atoms with Crippen molar-refractivity contribution < 1.29 is 19.7 Å². The van der Waals surface area contributed by atoms with Gasteiger partial charge in [-0.05, 0) is 17.7 Å². The molecule has 2 N–H and O–H groups in total. The average Bonchev–Trinajstić information content (AvgIpc) is 2.49. The van der Waals surface area contributed by atoms with Gasteiger partial charge in [-0.2, -0.15) is 0 Å². The minimum Gasteiger partial charge on any atom is -0.508 e. The van der Waals surface area contributed by atoms with Crippen molar-refractivity contribution in [1.29, 1.82) is 0 Å². The first kappa shape index (κ1) is 8.62. The highest BCUT2D eigenvalue weighted by molar-refractivity contribution is 6.18. The number of benzene rings is 1. The van der Waals surface area contributed by atoms with Crippen molar-refractivity contribution in [2.24, 2.45) is 0 Å². The number of hydrogen-bond donors (Lipinski definition) is 2. The minimum absolute atomic E-state index is 0.0688. The molecule has 0 aliphatic carbocycles. The first-order valence-corrected chi connectivity index (χ1v) is 4.07. The number of phenolic OH excluding ortho intramolecular Hbond substituents is 1. The number of phenols is 1. The number of carbonyl (C=O) groups is 1. The first-order chi connectivity index (χ1) is 6.68. The van der Waals surface area contributed by atoms with Gasteiger partial charge in [0.1, 0.15) is 23.7 Å². The van der Waals surface area contributed by atoms with Crippen LogP contribution >= 0.6 is 0 Å². The summed E-state index contributed by atoms with van der Waals surface area (Å²) in [5.74, 6) is -0.492. The predicted molar refractivity (Wildman–Crippen MR) is 48.6 cm³/mol. The molecule has 1 aromatic rings. The van der Waals surface area contributed by atoms with Gasteiger partial charge >= 0.3 is 5.97 Å². The molecule has 72 valence electrons. The Labute approximate surface area is 80.1 Å². The van der Waals surface area contributed by atoms with E-state index in [0.717, 1.165) is 0 Å². The topological polar surface area (TPSA) is 66.8 Å². The molecule has 0 saturated heterocycles. The van der Waals surface area contributed by atoms with Gasteiger partial charge < -0.3 is 14.9 Å².